The molecule has 1 aromatic rings. The van der Waals surface area contributed by atoms with Crippen LogP contribution in [0.4, 0.5) is 5.69 Å². The standard InChI is InChI=1S/C13H21N3/c1-10(13(3,4)5)15-11(2)16-12-6-8-14-9-7-12/h6-10,15H,2H2,1,3-5H3,(H,14,16). The van der Waals surface area contributed by atoms with Crippen LogP contribution in [0.1, 0.15) is 27.7 Å². The maximum atomic E-state index is 3.96. The lowest BCUT2D eigenvalue weighted by Crippen LogP contribution is -2.38. The van der Waals surface area contributed by atoms with Gasteiger partial charge in [-0.1, -0.05) is 27.4 Å². The van der Waals surface area contributed by atoms with Gasteiger partial charge in [-0.15, -0.1) is 0 Å². The van der Waals surface area contributed by atoms with Crippen molar-refractivity contribution >= 4 is 5.69 Å². The Balaban J connectivity index is 2.49. The fraction of sp³-hybridized carbons (Fsp3) is 0.462. The van der Waals surface area contributed by atoms with Crippen molar-refractivity contribution in [1.29, 1.82) is 0 Å². The van der Waals surface area contributed by atoms with E-state index in [2.05, 4.69) is 49.9 Å². The first-order chi connectivity index (χ1) is 7.39. The van der Waals surface area contributed by atoms with Crippen LogP contribution >= 0.6 is 0 Å². The number of pyridine rings is 1. The van der Waals surface area contributed by atoms with Gasteiger partial charge in [-0.05, 0) is 24.5 Å². The average Bonchev–Trinajstić information content (AvgIpc) is 2.17. The molecule has 0 bridgehead atoms. The lowest BCUT2D eigenvalue weighted by Gasteiger charge is -2.30. The third kappa shape index (κ3) is 3.93. The molecule has 3 nitrogen and oxygen atoms in total. The molecule has 0 aliphatic heterocycles. The summed E-state index contributed by atoms with van der Waals surface area (Å²) >= 11 is 0. The molecule has 1 heterocycles. The van der Waals surface area contributed by atoms with E-state index in [1.54, 1.807) is 12.4 Å². The Morgan fingerprint density at radius 1 is 1.31 bits per heavy atom. The summed E-state index contributed by atoms with van der Waals surface area (Å²) in [5.74, 6) is 0.814. The van der Waals surface area contributed by atoms with Gasteiger partial charge in [0.25, 0.3) is 0 Å². The smallest absolute Gasteiger partial charge is 0.0959 e. The van der Waals surface area contributed by atoms with Crippen molar-refractivity contribution < 1.29 is 0 Å². The number of hydrogen-bond donors (Lipinski definition) is 2. The molecular formula is C13H21N3. The van der Waals surface area contributed by atoms with E-state index in [4.69, 9.17) is 0 Å². The molecule has 0 spiro atoms. The van der Waals surface area contributed by atoms with Crippen LogP contribution in [0.25, 0.3) is 0 Å². The van der Waals surface area contributed by atoms with Crippen molar-refractivity contribution in [2.45, 2.75) is 33.7 Å². The number of hydrogen-bond acceptors (Lipinski definition) is 3. The first kappa shape index (κ1) is 12.6. The van der Waals surface area contributed by atoms with E-state index in [-0.39, 0.29) is 5.41 Å². The van der Waals surface area contributed by atoms with E-state index in [1.165, 1.54) is 0 Å². The molecule has 1 unspecified atom stereocenters. The van der Waals surface area contributed by atoms with Gasteiger partial charge in [0.15, 0.2) is 0 Å². The van der Waals surface area contributed by atoms with Gasteiger partial charge in [-0.25, -0.2) is 0 Å². The number of anilines is 1. The zero-order valence-corrected chi connectivity index (χ0v) is 10.5. The SMILES string of the molecule is C=C(Nc1ccncc1)NC(C)C(C)(C)C. The zero-order valence-electron chi connectivity index (χ0n) is 10.5. The second-order valence-electron chi connectivity index (χ2n) is 5.07. The van der Waals surface area contributed by atoms with E-state index in [1.807, 2.05) is 12.1 Å². The molecule has 0 saturated heterocycles. The van der Waals surface area contributed by atoms with Crippen molar-refractivity contribution in [3.05, 3.63) is 36.9 Å². The minimum absolute atomic E-state index is 0.211. The molecular weight excluding hydrogens is 198 g/mol. The Morgan fingerprint density at radius 2 is 1.88 bits per heavy atom. The molecule has 2 N–H and O–H groups in total. The van der Waals surface area contributed by atoms with Crippen LogP contribution in [0, 0.1) is 5.41 Å². The monoisotopic (exact) mass is 219 g/mol. The molecule has 88 valence electrons. The highest BCUT2D eigenvalue weighted by Gasteiger charge is 2.19. The molecule has 0 fully saturated rings. The predicted molar refractivity (Wildman–Crippen MR) is 69.1 cm³/mol. The first-order valence-corrected chi connectivity index (χ1v) is 5.52. The molecule has 3 heteroatoms. The Labute approximate surface area is 98.0 Å². The van der Waals surface area contributed by atoms with Crippen LogP contribution in [0.2, 0.25) is 0 Å². The van der Waals surface area contributed by atoms with Crippen LogP contribution in [0.5, 0.6) is 0 Å². The van der Waals surface area contributed by atoms with Crippen molar-refractivity contribution in [2.24, 2.45) is 5.41 Å². The normalized spacial score (nSPS) is 13.0. The van der Waals surface area contributed by atoms with Crippen molar-refractivity contribution in [3.8, 4) is 0 Å². The van der Waals surface area contributed by atoms with E-state index >= 15 is 0 Å². The highest BCUT2D eigenvalue weighted by Crippen LogP contribution is 2.19. The van der Waals surface area contributed by atoms with Crippen LogP contribution in [-0.4, -0.2) is 11.0 Å². The molecule has 0 radical (unpaired) electrons. The summed E-state index contributed by atoms with van der Waals surface area (Å²) in [7, 11) is 0. The van der Waals surface area contributed by atoms with Gasteiger partial charge in [-0.2, -0.15) is 0 Å². The maximum Gasteiger partial charge on any atom is 0.0959 e. The molecule has 0 aromatic carbocycles. The summed E-state index contributed by atoms with van der Waals surface area (Å²) in [5.41, 5.74) is 1.21. The summed E-state index contributed by atoms with van der Waals surface area (Å²) in [6.07, 6.45) is 3.51. The number of nitrogens with one attached hydrogen (secondary N) is 2. The molecule has 1 aromatic heterocycles. The van der Waals surface area contributed by atoms with Crippen molar-refractivity contribution in [3.63, 3.8) is 0 Å². The second-order valence-corrected chi connectivity index (χ2v) is 5.07. The van der Waals surface area contributed by atoms with E-state index in [0.29, 0.717) is 6.04 Å². The van der Waals surface area contributed by atoms with Crippen LogP contribution in [0.15, 0.2) is 36.9 Å². The van der Waals surface area contributed by atoms with Crippen LogP contribution in [0.3, 0.4) is 0 Å². The van der Waals surface area contributed by atoms with Gasteiger partial charge in [-0.3, -0.25) is 4.98 Å². The molecule has 1 atom stereocenters. The van der Waals surface area contributed by atoms with E-state index in [0.717, 1.165) is 11.5 Å². The number of rotatable bonds is 4. The second kappa shape index (κ2) is 5.01. The fourth-order valence-corrected chi connectivity index (χ4v) is 1.12. The first-order valence-electron chi connectivity index (χ1n) is 5.52. The Kier molecular flexibility index (Phi) is 3.93. The minimum atomic E-state index is 0.211. The Hall–Kier alpha value is -1.51. The highest BCUT2D eigenvalue weighted by molar-refractivity contribution is 5.45. The molecule has 0 aliphatic rings. The van der Waals surface area contributed by atoms with Gasteiger partial charge in [0.05, 0.1) is 5.82 Å². The minimum Gasteiger partial charge on any atom is -0.369 e. The lowest BCUT2D eigenvalue weighted by molar-refractivity contribution is 0.304. The Morgan fingerprint density at radius 3 is 2.38 bits per heavy atom. The summed E-state index contributed by atoms with van der Waals surface area (Å²) < 4.78 is 0. The largest absolute Gasteiger partial charge is 0.369 e. The number of aromatic nitrogens is 1. The van der Waals surface area contributed by atoms with Crippen LogP contribution in [-0.2, 0) is 0 Å². The molecule has 1 rings (SSSR count). The third-order valence-corrected chi connectivity index (χ3v) is 2.67. The molecule has 0 saturated carbocycles. The Bertz CT molecular complexity index is 338. The van der Waals surface area contributed by atoms with Gasteiger partial charge >= 0.3 is 0 Å². The van der Waals surface area contributed by atoms with Gasteiger partial charge in [0, 0.05) is 24.1 Å². The molecule has 16 heavy (non-hydrogen) atoms. The molecule has 0 amide bonds. The topological polar surface area (TPSA) is 37.0 Å². The van der Waals surface area contributed by atoms with Gasteiger partial charge in [0.2, 0.25) is 0 Å². The average molecular weight is 219 g/mol. The highest BCUT2D eigenvalue weighted by atomic mass is 15.1. The van der Waals surface area contributed by atoms with Gasteiger partial charge < -0.3 is 10.6 Å². The van der Waals surface area contributed by atoms with E-state index < -0.39 is 0 Å². The van der Waals surface area contributed by atoms with Crippen molar-refractivity contribution in [2.75, 3.05) is 5.32 Å². The summed E-state index contributed by atoms with van der Waals surface area (Å²) in [4.78, 5) is 3.96. The van der Waals surface area contributed by atoms with Crippen LogP contribution < -0.4 is 10.6 Å². The summed E-state index contributed by atoms with van der Waals surface area (Å²) in [6, 6.07) is 4.18. The van der Waals surface area contributed by atoms with E-state index in [9.17, 15) is 0 Å². The third-order valence-electron chi connectivity index (χ3n) is 2.67. The quantitative estimate of drug-likeness (QED) is 0.817. The number of nitrogens with zero attached hydrogens (tertiary/aromatic N) is 1. The van der Waals surface area contributed by atoms with Gasteiger partial charge in [0.1, 0.15) is 0 Å². The summed E-state index contributed by atoms with van der Waals surface area (Å²) in [5, 5.41) is 6.54. The van der Waals surface area contributed by atoms with Crippen molar-refractivity contribution in [1.82, 2.24) is 10.3 Å². The fourth-order valence-electron chi connectivity index (χ4n) is 1.12. The maximum absolute atomic E-state index is 3.96. The lowest BCUT2D eigenvalue weighted by atomic mass is 9.88. The predicted octanol–water partition coefficient (Wildman–Crippen LogP) is 2.99. The zero-order chi connectivity index (χ0) is 12.2. The summed E-state index contributed by atoms with van der Waals surface area (Å²) in [6.45, 7) is 12.7. The molecule has 0 aliphatic carbocycles.